The van der Waals surface area contributed by atoms with Crippen LogP contribution >= 0.6 is 0 Å². The molecule has 3 rings (SSSR count). The summed E-state index contributed by atoms with van der Waals surface area (Å²) in [5, 5.41) is 3.27. The second-order valence-electron chi connectivity index (χ2n) is 5.60. The topological polar surface area (TPSA) is 35.6 Å². The van der Waals surface area contributed by atoms with Gasteiger partial charge < -0.3 is 10.2 Å². The molecular formula is C15H20FN3O. The van der Waals surface area contributed by atoms with Gasteiger partial charge in [-0.3, -0.25) is 9.69 Å². The third kappa shape index (κ3) is 2.55. The number of nitrogens with one attached hydrogen (secondary N) is 1. The molecule has 2 aliphatic heterocycles. The second kappa shape index (κ2) is 5.50. The molecule has 20 heavy (non-hydrogen) atoms. The highest BCUT2D eigenvalue weighted by Crippen LogP contribution is 2.15. The Hall–Kier alpha value is -1.46. The van der Waals surface area contributed by atoms with Gasteiger partial charge >= 0.3 is 0 Å². The van der Waals surface area contributed by atoms with E-state index in [0.29, 0.717) is 17.2 Å². The standard InChI is InChI=1S/C15H20FN3O/c1-11-2-3-12(8-14(11)16)15(20)19-6-4-18(5-7-19)13-9-17-10-13/h2-3,8,13,17H,4-7,9-10H2,1H3. The van der Waals surface area contributed by atoms with Gasteiger partial charge in [-0.05, 0) is 24.6 Å². The molecular weight excluding hydrogens is 257 g/mol. The molecule has 0 bridgehead atoms. The highest BCUT2D eigenvalue weighted by Gasteiger charge is 2.29. The van der Waals surface area contributed by atoms with Crippen LogP contribution in [0.5, 0.6) is 0 Å². The zero-order chi connectivity index (χ0) is 14.1. The monoisotopic (exact) mass is 277 g/mol. The maximum absolute atomic E-state index is 13.5. The largest absolute Gasteiger partial charge is 0.336 e. The molecule has 1 amide bonds. The summed E-state index contributed by atoms with van der Waals surface area (Å²) in [4.78, 5) is 16.6. The number of amides is 1. The Kier molecular flexibility index (Phi) is 3.72. The van der Waals surface area contributed by atoms with Gasteiger partial charge in [0.05, 0.1) is 0 Å². The minimum atomic E-state index is -0.310. The Morgan fingerprint density at radius 2 is 1.95 bits per heavy atom. The molecule has 108 valence electrons. The lowest BCUT2D eigenvalue weighted by Crippen LogP contribution is -2.62. The van der Waals surface area contributed by atoms with Crippen molar-refractivity contribution in [1.29, 1.82) is 0 Å². The fourth-order valence-corrected chi connectivity index (χ4v) is 2.73. The van der Waals surface area contributed by atoms with Crippen LogP contribution in [-0.4, -0.2) is 61.0 Å². The molecule has 2 saturated heterocycles. The third-order valence-electron chi connectivity index (χ3n) is 4.30. The van der Waals surface area contributed by atoms with Crippen LogP contribution in [0.2, 0.25) is 0 Å². The van der Waals surface area contributed by atoms with Gasteiger partial charge in [-0.25, -0.2) is 4.39 Å². The lowest BCUT2D eigenvalue weighted by molar-refractivity contribution is 0.0501. The summed E-state index contributed by atoms with van der Waals surface area (Å²) < 4.78 is 13.5. The zero-order valence-corrected chi connectivity index (χ0v) is 11.7. The van der Waals surface area contributed by atoms with E-state index in [1.807, 2.05) is 4.90 Å². The Bertz CT molecular complexity index is 508. The first kappa shape index (κ1) is 13.5. The minimum Gasteiger partial charge on any atom is -0.336 e. The quantitative estimate of drug-likeness (QED) is 0.871. The Morgan fingerprint density at radius 3 is 2.50 bits per heavy atom. The van der Waals surface area contributed by atoms with Crippen LogP contribution in [-0.2, 0) is 0 Å². The van der Waals surface area contributed by atoms with Crippen LogP contribution in [0.4, 0.5) is 4.39 Å². The maximum Gasteiger partial charge on any atom is 0.254 e. The van der Waals surface area contributed by atoms with E-state index < -0.39 is 0 Å². The maximum atomic E-state index is 13.5. The van der Waals surface area contributed by atoms with E-state index in [1.54, 1.807) is 19.1 Å². The SMILES string of the molecule is Cc1ccc(C(=O)N2CCN(C3CNC3)CC2)cc1F. The van der Waals surface area contributed by atoms with E-state index in [9.17, 15) is 9.18 Å². The molecule has 1 aromatic carbocycles. The second-order valence-corrected chi connectivity index (χ2v) is 5.60. The Balaban J connectivity index is 1.62. The van der Waals surface area contributed by atoms with Crippen LogP contribution in [0.15, 0.2) is 18.2 Å². The van der Waals surface area contributed by atoms with Crippen molar-refractivity contribution in [1.82, 2.24) is 15.1 Å². The number of hydrogen-bond donors (Lipinski definition) is 1. The number of carbonyl (C=O) groups excluding carboxylic acids is 1. The first-order chi connectivity index (χ1) is 9.65. The molecule has 0 spiro atoms. The van der Waals surface area contributed by atoms with Crippen molar-refractivity contribution in [3.05, 3.63) is 35.1 Å². The number of carbonyl (C=O) groups is 1. The summed E-state index contributed by atoms with van der Waals surface area (Å²) in [5.41, 5.74) is 1.02. The smallest absolute Gasteiger partial charge is 0.254 e. The number of aryl methyl sites for hydroxylation is 1. The van der Waals surface area contributed by atoms with Gasteiger partial charge in [0.2, 0.25) is 0 Å². The first-order valence-electron chi connectivity index (χ1n) is 7.15. The van der Waals surface area contributed by atoms with Crippen LogP contribution < -0.4 is 5.32 Å². The molecule has 0 radical (unpaired) electrons. The number of hydrogen-bond acceptors (Lipinski definition) is 3. The van der Waals surface area contributed by atoms with Crippen molar-refractivity contribution in [3.8, 4) is 0 Å². The van der Waals surface area contributed by atoms with Crippen LogP contribution in [0, 0.1) is 12.7 Å². The van der Waals surface area contributed by atoms with Crippen LogP contribution in [0.25, 0.3) is 0 Å². The molecule has 0 saturated carbocycles. The molecule has 0 aromatic heterocycles. The Morgan fingerprint density at radius 1 is 1.25 bits per heavy atom. The molecule has 1 N–H and O–H groups in total. The number of piperazine rings is 1. The third-order valence-corrected chi connectivity index (χ3v) is 4.30. The van der Waals surface area contributed by atoms with Crippen LogP contribution in [0.3, 0.4) is 0 Å². The van der Waals surface area contributed by atoms with E-state index >= 15 is 0 Å². The molecule has 2 aliphatic rings. The van der Waals surface area contributed by atoms with Gasteiger partial charge in [0, 0.05) is 50.9 Å². The number of rotatable bonds is 2. The van der Waals surface area contributed by atoms with E-state index in [1.165, 1.54) is 6.07 Å². The van der Waals surface area contributed by atoms with Crippen molar-refractivity contribution in [2.75, 3.05) is 39.3 Å². The summed E-state index contributed by atoms with van der Waals surface area (Å²) >= 11 is 0. The molecule has 5 heteroatoms. The summed E-state index contributed by atoms with van der Waals surface area (Å²) in [6.07, 6.45) is 0. The van der Waals surface area contributed by atoms with Gasteiger partial charge in [-0.2, -0.15) is 0 Å². The van der Waals surface area contributed by atoms with Gasteiger partial charge in [-0.15, -0.1) is 0 Å². The highest BCUT2D eigenvalue weighted by atomic mass is 19.1. The van der Waals surface area contributed by atoms with E-state index in [-0.39, 0.29) is 11.7 Å². The molecule has 2 heterocycles. The average Bonchev–Trinajstić information content (AvgIpc) is 2.40. The van der Waals surface area contributed by atoms with Gasteiger partial charge in [-0.1, -0.05) is 6.07 Å². The molecule has 1 aromatic rings. The lowest BCUT2D eigenvalue weighted by atomic mass is 10.1. The lowest BCUT2D eigenvalue weighted by Gasteiger charge is -2.43. The summed E-state index contributed by atoms with van der Waals surface area (Å²) in [7, 11) is 0. The van der Waals surface area contributed by atoms with Crippen molar-refractivity contribution in [2.45, 2.75) is 13.0 Å². The summed E-state index contributed by atoms with van der Waals surface area (Å²) in [5.74, 6) is -0.370. The molecule has 0 unspecified atom stereocenters. The predicted molar refractivity (Wildman–Crippen MR) is 75.3 cm³/mol. The van der Waals surface area contributed by atoms with Gasteiger partial charge in [0.25, 0.3) is 5.91 Å². The van der Waals surface area contributed by atoms with Crippen molar-refractivity contribution in [2.24, 2.45) is 0 Å². The van der Waals surface area contributed by atoms with Gasteiger partial charge in [0.15, 0.2) is 0 Å². The van der Waals surface area contributed by atoms with Crippen molar-refractivity contribution >= 4 is 5.91 Å². The Labute approximate surface area is 118 Å². The molecule has 0 atom stereocenters. The molecule has 0 aliphatic carbocycles. The minimum absolute atomic E-state index is 0.0599. The first-order valence-corrected chi connectivity index (χ1v) is 7.15. The number of nitrogens with zero attached hydrogens (tertiary/aromatic N) is 2. The summed E-state index contributed by atoms with van der Waals surface area (Å²) in [6, 6.07) is 5.35. The number of halogens is 1. The molecule has 4 nitrogen and oxygen atoms in total. The van der Waals surface area contributed by atoms with E-state index in [0.717, 1.165) is 39.3 Å². The van der Waals surface area contributed by atoms with E-state index in [4.69, 9.17) is 0 Å². The van der Waals surface area contributed by atoms with Gasteiger partial charge in [0.1, 0.15) is 5.82 Å². The molecule has 2 fully saturated rings. The number of benzene rings is 1. The highest BCUT2D eigenvalue weighted by molar-refractivity contribution is 5.94. The fourth-order valence-electron chi connectivity index (χ4n) is 2.73. The predicted octanol–water partition coefficient (Wildman–Crippen LogP) is 0.864. The van der Waals surface area contributed by atoms with Crippen LogP contribution in [0.1, 0.15) is 15.9 Å². The van der Waals surface area contributed by atoms with Crippen molar-refractivity contribution < 1.29 is 9.18 Å². The summed E-state index contributed by atoms with van der Waals surface area (Å²) in [6.45, 7) is 7.08. The average molecular weight is 277 g/mol. The fraction of sp³-hybridized carbons (Fsp3) is 0.533. The normalized spacial score (nSPS) is 20.8. The van der Waals surface area contributed by atoms with E-state index in [2.05, 4.69) is 10.2 Å². The zero-order valence-electron chi connectivity index (χ0n) is 11.7. The van der Waals surface area contributed by atoms with Crippen molar-refractivity contribution in [3.63, 3.8) is 0 Å².